The fraction of sp³-hybridized carbons (Fsp3) is 0.263. The molecule has 7 heteroatoms. The lowest BCUT2D eigenvalue weighted by molar-refractivity contribution is -0.117. The van der Waals surface area contributed by atoms with Crippen LogP contribution in [-0.4, -0.2) is 25.5 Å². The molecule has 1 N–H and O–H groups in total. The smallest absolute Gasteiger partial charge is 0.226 e. The number of methoxy groups -OCH3 is 1. The summed E-state index contributed by atoms with van der Waals surface area (Å²) in [5, 5.41) is 3.81. The minimum absolute atomic E-state index is 0.112. The van der Waals surface area contributed by atoms with Gasteiger partial charge in [0.15, 0.2) is 0 Å². The number of hydrogen-bond donors (Lipinski definition) is 1. The number of ether oxygens (including phenoxy) is 1. The molecule has 5 nitrogen and oxygen atoms in total. The topological polar surface area (TPSA) is 58.6 Å². The minimum Gasteiger partial charge on any atom is -0.495 e. The molecule has 0 atom stereocenters. The molecule has 2 aromatic carbocycles. The molecule has 0 aromatic heterocycles. The summed E-state index contributed by atoms with van der Waals surface area (Å²) in [5.74, 6) is 0.0876. The number of rotatable bonds is 6. The van der Waals surface area contributed by atoms with E-state index in [1.807, 2.05) is 13.0 Å². The second kappa shape index (κ2) is 8.92. The Morgan fingerprint density at radius 2 is 1.88 bits per heavy atom. The van der Waals surface area contributed by atoms with E-state index in [-0.39, 0.29) is 24.8 Å². The average Bonchev–Trinajstić information content (AvgIpc) is 2.58. The molecule has 2 aromatic rings. The van der Waals surface area contributed by atoms with E-state index in [9.17, 15) is 9.59 Å². The molecule has 0 unspecified atom stereocenters. The number of carbonyl (C=O) groups is 2. The number of anilines is 2. The molecule has 2 rings (SSSR count). The molecule has 138 valence electrons. The summed E-state index contributed by atoms with van der Waals surface area (Å²) in [4.78, 5) is 25.8. The second-order valence-corrected chi connectivity index (χ2v) is 6.59. The van der Waals surface area contributed by atoms with Gasteiger partial charge in [-0.3, -0.25) is 9.59 Å². The summed E-state index contributed by atoms with van der Waals surface area (Å²) < 4.78 is 5.21. The Bertz CT molecular complexity index is 824. The number of hydrogen-bond acceptors (Lipinski definition) is 3. The highest BCUT2D eigenvalue weighted by atomic mass is 35.5. The van der Waals surface area contributed by atoms with Crippen molar-refractivity contribution in [1.29, 1.82) is 0 Å². The van der Waals surface area contributed by atoms with Gasteiger partial charge in [-0.15, -0.1) is 0 Å². The lowest BCUT2D eigenvalue weighted by Crippen LogP contribution is -2.32. The van der Waals surface area contributed by atoms with Gasteiger partial charge in [0.2, 0.25) is 11.8 Å². The first-order valence-electron chi connectivity index (χ1n) is 7.99. The molecule has 0 saturated heterocycles. The van der Waals surface area contributed by atoms with Crippen molar-refractivity contribution in [3.63, 3.8) is 0 Å². The van der Waals surface area contributed by atoms with E-state index in [1.165, 1.54) is 18.9 Å². The molecule has 0 radical (unpaired) electrons. The largest absolute Gasteiger partial charge is 0.495 e. The number of amides is 2. The Labute approximate surface area is 162 Å². The fourth-order valence-corrected chi connectivity index (χ4v) is 2.77. The van der Waals surface area contributed by atoms with Gasteiger partial charge in [-0.05, 0) is 42.8 Å². The number of nitrogens with zero attached hydrogens (tertiary/aromatic N) is 1. The van der Waals surface area contributed by atoms with E-state index >= 15 is 0 Å². The molecule has 0 bridgehead atoms. The Morgan fingerprint density at radius 1 is 1.15 bits per heavy atom. The van der Waals surface area contributed by atoms with Crippen LogP contribution in [0.15, 0.2) is 36.4 Å². The standard InChI is InChI=1S/C19H20Cl2N2O3/c1-12-4-6-15(11-16(12)21)23(13(2)24)9-8-19(25)22-17-10-14(20)5-7-18(17)26-3/h4-7,10-11H,8-9H2,1-3H3,(H,22,25). The summed E-state index contributed by atoms with van der Waals surface area (Å²) in [6.07, 6.45) is 0.112. The van der Waals surface area contributed by atoms with E-state index in [2.05, 4.69) is 5.32 Å². The highest BCUT2D eigenvalue weighted by molar-refractivity contribution is 6.31. The van der Waals surface area contributed by atoms with Crippen LogP contribution in [0, 0.1) is 6.92 Å². The van der Waals surface area contributed by atoms with Gasteiger partial charge in [0.1, 0.15) is 5.75 Å². The Hall–Kier alpha value is -2.24. The van der Waals surface area contributed by atoms with Crippen LogP contribution in [0.4, 0.5) is 11.4 Å². The second-order valence-electron chi connectivity index (χ2n) is 5.75. The van der Waals surface area contributed by atoms with Gasteiger partial charge in [-0.1, -0.05) is 29.3 Å². The van der Waals surface area contributed by atoms with Crippen molar-refractivity contribution >= 4 is 46.4 Å². The number of nitrogens with one attached hydrogen (secondary N) is 1. The van der Waals surface area contributed by atoms with Crippen LogP contribution in [0.2, 0.25) is 10.0 Å². The summed E-state index contributed by atoms with van der Waals surface area (Å²) >= 11 is 12.1. The number of aryl methyl sites for hydroxylation is 1. The van der Waals surface area contributed by atoms with E-state index in [1.54, 1.807) is 30.3 Å². The predicted octanol–water partition coefficient (Wildman–Crippen LogP) is 4.69. The number of carbonyl (C=O) groups excluding carboxylic acids is 2. The zero-order chi connectivity index (χ0) is 19.3. The van der Waals surface area contributed by atoms with Crippen molar-refractivity contribution in [2.45, 2.75) is 20.3 Å². The molecule has 0 aliphatic carbocycles. The third-order valence-corrected chi connectivity index (χ3v) is 4.49. The van der Waals surface area contributed by atoms with Crippen molar-refractivity contribution in [1.82, 2.24) is 0 Å². The minimum atomic E-state index is -0.255. The van der Waals surface area contributed by atoms with E-state index in [0.29, 0.717) is 27.2 Å². The Morgan fingerprint density at radius 3 is 2.50 bits per heavy atom. The van der Waals surface area contributed by atoms with Crippen LogP contribution in [0.1, 0.15) is 18.9 Å². The Kier molecular flexibility index (Phi) is 6.89. The van der Waals surface area contributed by atoms with Crippen LogP contribution in [0.25, 0.3) is 0 Å². The molecule has 2 amide bonds. The molecular weight excluding hydrogens is 375 g/mol. The normalized spacial score (nSPS) is 10.3. The van der Waals surface area contributed by atoms with Crippen LogP contribution in [0.3, 0.4) is 0 Å². The van der Waals surface area contributed by atoms with Crippen LogP contribution >= 0.6 is 23.2 Å². The van der Waals surface area contributed by atoms with Crippen LogP contribution < -0.4 is 15.0 Å². The molecule has 0 heterocycles. The zero-order valence-corrected chi connectivity index (χ0v) is 16.3. The maximum Gasteiger partial charge on any atom is 0.226 e. The number of halogens is 2. The van der Waals surface area contributed by atoms with Crippen LogP contribution in [-0.2, 0) is 9.59 Å². The quantitative estimate of drug-likeness (QED) is 0.772. The van der Waals surface area contributed by atoms with Crippen molar-refractivity contribution < 1.29 is 14.3 Å². The maximum absolute atomic E-state index is 12.3. The number of benzene rings is 2. The first-order valence-corrected chi connectivity index (χ1v) is 8.75. The van der Waals surface area contributed by atoms with Crippen LogP contribution in [0.5, 0.6) is 5.75 Å². The molecule has 0 spiro atoms. The summed E-state index contributed by atoms with van der Waals surface area (Å²) in [5.41, 5.74) is 2.06. The third kappa shape index (κ3) is 5.13. The monoisotopic (exact) mass is 394 g/mol. The summed E-state index contributed by atoms with van der Waals surface area (Å²) in [6.45, 7) is 3.56. The zero-order valence-electron chi connectivity index (χ0n) is 14.8. The van der Waals surface area contributed by atoms with Crippen molar-refractivity contribution in [2.75, 3.05) is 23.9 Å². The summed E-state index contributed by atoms with van der Waals surface area (Å²) in [7, 11) is 1.51. The first-order chi connectivity index (χ1) is 12.3. The highest BCUT2D eigenvalue weighted by Gasteiger charge is 2.15. The van der Waals surface area contributed by atoms with E-state index in [0.717, 1.165) is 5.56 Å². The van der Waals surface area contributed by atoms with Gasteiger partial charge in [0.25, 0.3) is 0 Å². The SMILES string of the molecule is COc1ccc(Cl)cc1NC(=O)CCN(C(C)=O)c1ccc(C)c(Cl)c1. The van der Waals surface area contributed by atoms with Crippen molar-refractivity contribution in [3.05, 3.63) is 52.0 Å². The summed E-state index contributed by atoms with van der Waals surface area (Å²) in [6, 6.07) is 10.3. The predicted molar refractivity (Wildman–Crippen MR) is 105 cm³/mol. The lowest BCUT2D eigenvalue weighted by atomic mass is 10.2. The van der Waals surface area contributed by atoms with Gasteiger partial charge >= 0.3 is 0 Å². The fourth-order valence-electron chi connectivity index (χ4n) is 2.42. The van der Waals surface area contributed by atoms with E-state index < -0.39 is 0 Å². The molecule has 0 saturated carbocycles. The highest BCUT2D eigenvalue weighted by Crippen LogP contribution is 2.28. The van der Waals surface area contributed by atoms with Crippen molar-refractivity contribution in [2.24, 2.45) is 0 Å². The molecule has 0 aliphatic heterocycles. The van der Waals surface area contributed by atoms with Crippen molar-refractivity contribution in [3.8, 4) is 5.75 Å². The van der Waals surface area contributed by atoms with Gasteiger partial charge in [-0.25, -0.2) is 0 Å². The van der Waals surface area contributed by atoms with E-state index in [4.69, 9.17) is 27.9 Å². The first kappa shape index (κ1) is 20.1. The van der Waals surface area contributed by atoms with Gasteiger partial charge < -0.3 is 15.0 Å². The molecular formula is C19H20Cl2N2O3. The lowest BCUT2D eigenvalue weighted by Gasteiger charge is -2.21. The van der Waals surface area contributed by atoms with Gasteiger partial charge in [0.05, 0.1) is 12.8 Å². The average molecular weight is 395 g/mol. The maximum atomic E-state index is 12.3. The molecule has 26 heavy (non-hydrogen) atoms. The third-order valence-electron chi connectivity index (χ3n) is 3.85. The molecule has 0 aliphatic rings. The van der Waals surface area contributed by atoms with Gasteiger partial charge in [-0.2, -0.15) is 0 Å². The van der Waals surface area contributed by atoms with Gasteiger partial charge in [0, 0.05) is 35.6 Å². The Balaban J connectivity index is 2.07. The molecule has 0 fully saturated rings.